The van der Waals surface area contributed by atoms with Crippen molar-refractivity contribution in [3.05, 3.63) is 0 Å². The maximum atomic E-state index is 11.2. The summed E-state index contributed by atoms with van der Waals surface area (Å²) in [5.41, 5.74) is -0.525. The molecular formula is C16H28O8S. The molecule has 2 aliphatic rings. The molecular weight excluding hydrogens is 352 g/mol. The van der Waals surface area contributed by atoms with Crippen molar-refractivity contribution in [2.45, 2.75) is 69.1 Å². The number of aliphatic hydroxyl groups is 1. The van der Waals surface area contributed by atoms with Gasteiger partial charge in [0.1, 0.15) is 36.5 Å². The third-order valence-corrected chi connectivity index (χ3v) is 5.77. The van der Waals surface area contributed by atoms with Gasteiger partial charge in [-0.1, -0.05) is 6.92 Å². The van der Waals surface area contributed by atoms with Gasteiger partial charge in [-0.15, -0.1) is 11.8 Å². The highest BCUT2D eigenvalue weighted by Crippen LogP contribution is 2.44. The second-order valence-corrected chi connectivity index (χ2v) is 7.63. The number of esters is 1. The topological polar surface area (TPSA) is 92.7 Å². The largest absolute Gasteiger partial charge is 0.463 e. The summed E-state index contributed by atoms with van der Waals surface area (Å²) in [6.45, 7) is 6.67. The molecule has 0 aromatic rings. The Balaban J connectivity index is 2.30. The molecule has 25 heavy (non-hydrogen) atoms. The van der Waals surface area contributed by atoms with E-state index in [9.17, 15) is 9.90 Å². The average molecular weight is 380 g/mol. The van der Waals surface area contributed by atoms with Crippen molar-refractivity contribution < 1.29 is 38.3 Å². The number of hydrogen-bond donors (Lipinski definition) is 1. The average Bonchev–Trinajstić information content (AvgIpc) is 2.58. The molecule has 0 unspecified atom stereocenters. The van der Waals surface area contributed by atoms with Crippen molar-refractivity contribution >= 4 is 17.7 Å². The lowest BCUT2D eigenvalue weighted by molar-refractivity contribution is -0.470. The molecule has 1 N–H and O–H groups in total. The first kappa shape index (κ1) is 20.9. The number of rotatable bonds is 6. The van der Waals surface area contributed by atoms with E-state index in [-0.39, 0.29) is 6.61 Å². The maximum Gasteiger partial charge on any atom is 0.302 e. The minimum atomic E-state index is -1.23. The molecule has 2 saturated heterocycles. The normalized spacial score (nSPS) is 44.2. The highest BCUT2D eigenvalue weighted by atomic mass is 32.2. The third-order valence-electron chi connectivity index (χ3n) is 4.72. The monoisotopic (exact) mass is 380 g/mol. The minimum absolute atomic E-state index is 0.00313. The van der Waals surface area contributed by atoms with Gasteiger partial charge in [0, 0.05) is 21.1 Å². The van der Waals surface area contributed by atoms with E-state index in [1.54, 1.807) is 13.8 Å². The Kier molecular flexibility index (Phi) is 6.75. The molecule has 8 nitrogen and oxygen atoms in total. The van der Waals surface area contributed by atoms with E-state index in [1.807, 2.05) is 6.92 Å². The lowest BCUT2D eigenvalue weighted by Crippen LogP contribution is -2.72. The van der Waals surface area contributed by atoms with Crippen molar-refractivity contribution in [1.29, 1.82) is 0 Å². The zero-order valence-electron chi connectivity index (χ0n) is 15.5. The van der Waals surface area contributed by atoms with Crippen molar-refractivity contribution in [2.24, 2.45) is 0 Å². The first-order chi connectivity index (χ1) is 11.7. The molecule has 0 spiro atoms. The number of fused-ring (bicyclic) bond motifs is 1. The van der Waals surface area contributed by atoms with Gasteiger partial charge in [0.2, 0.25) is 11.6 Å². The van der Waals surface area contributed by atoms with Gasteiger partial charge in [-0.25, -0.2) is 0 Å². The standard InChI is InChI=1S/C16H28O8S/c1-7-25-14-11(18)13-12(10(22-14)8-21-9(2)17)23-15(3,19-5)16(4,20-6)24-13/h10-14,18H,7-8H2,1-6H3/t10-,11+,12-,13-,14-,15+,16+/m1/s1. The Morgan fingerprint density at radius 3 is 2.20 bits per heavy atom. The fourth-order valence-electron chi connectivity index (χ4n) is 3.01. The van der Waals surface area contributed by atoms with Crippen molar-refractivity contribution in [3.63, 3.8) is 0 Å². The third kappa shape index (κ3) is 3.97. The van der Waals surface area contributed by atoms with E-state index in [4.69, 9.17) is 28.4 Å². The van der Waals surface area contributed by atoms with E-state index >= 15 is 0 Å². The van der Waals surface area contributed by atoms with Gasteiger partial charge < -0.3 is 33.5 Å². The van der Waals surface area contributed by atoms with E-state index < -0.39 is 47.4 Å². The van der Waals surface area contributed by atoms with Crippen LogP contribution in [0.15, 0.2) is 0 Å². The fraction of sp³-hybridized carbons (Fsp3) is 0.938. The molecule has 146 valence electrons. The fourth-order valence-corrected chi connectivity index (χ4v) is 3.91. The molecule has 0 bridgehead atoms. The summed E-state index contributed by atoms with van der Waals surface area (Å²) in [6, 6.07) is 0. The Hall–Kier alpha value is -0.420. The zero-order valence-corrected chi connectivity index (χ0v) is 16.3. The van der Waals surface area contributed by atoms with E-state index in [0.717, 1.165) is 5.75 Å². The summed E-state index contributed by atoms with van der Waals surface area (Å²) in [7, 11) is 2.97. The number of methoxy groups -OCH3 is 2. The number of aliphatic hydroxyl groups excluding tert-OH is 1. The number of ether oxygens (including phenoxy) is 6. The van der Waals surface area contributed by atoms with Gasteiger partial charge in [-0.3, -0.25) is 4.79 Å². The van der Waals surface area contributed by atoms with Gasteiger partial charge in [0.25, 0.3) is 0 Å². The zero-order chi connectivity index (χ0) is 18.8. The van der Waals surface area contributed by atoms with Crippen LogP contribution in [0.4, 0.5) is 0 Å². The molecule has 0 saturated carbocycles. The van der Waals surface area contributed by atoms with Crippen LogP contribution in [-0.2, 0) is 33.2 Å². The van der Waals surface area contributed by atoms with E-state index in [2.05, 4.69) is 0 Å². The Morgan fingerprint density at radius 2 is 1.72 bits per heavy atom. The Labute approximate surface area is 152 Å². The predicted octanol–water partition coefficient (Wildman–Crippen LogP) is 0.898. The molecule has 7 atom stereocenters. The minimum Gasteiger partial charge on any atom is -0.463 e. The molecule has 2 heterocycles. The molecule has 2 rings (SSSR count). The second kappa shape index (κ2) is 8.08. The van der Waals surface area contributed by atoms with Crippen molar-refractivity contribution in [2.75, 3.05) is 26.6 Å². The summed E-state index contributed by atoms with van der Waals surface area (Å²) >= 11 is 1.45. The summed E-state index contributed by atoms with van der Waals surface area (Å²) < 4.78 is 34.3. The van der Waals surface area contributed by atoms with Gasteiger partial charge >= 0.3 is 5.97 Å². The van der Waals surface area contributed by atoms with E-state index in [0.29, 0.717) is 0 Å². The summed E-state index contributed by atoms with van der Waals surface area (Å²) in [4.78, 5) is 11.2. The van der Waals surface area contributed by atoms with Crippen LogP contribution in [-0.4, -0.2) is 79.1 Å². The maximum absolute atomic E-state index is 11.2. The van der Waals surface area contributed by atoms with E-state index in [1.165, 1.54) is 32.9 Å². The van der Waals surface area contributed by atoms with Crippen LogP contribution in [0.5, 0.6) is 0 Å². The van der Waals surface area contributed by atoms with Crippen LogP contribution in [0.3, 0.4) is 0 Å². The molecule has 2 fully saturated rings. The molecule has 9 heteroatoms. The van der Waals surface area contributed by atoms with Crippen LogP contribution in [0.1, 0.15) is 27.7 Å². The van der Waals surface area contributed by atoms with Gasteiger partial charge in [-0.05, 0) is 19.6 Å². The smallest absolute Gasteiger partial charge is 0.302 e. The molecule has 2 aliphatic heterocycles. The van der Waals surface area contributed by atoms with Crippen LogP contribution in [0.2, 0.25) is 0 Å². The van der Waals surface area contributed by atoms with Crippen LogP contribution < -0.4 is 0 Å². The summed E-state index contributed by atoms with van der Waals surface area (Å²) in [5.74, 6) is -2.13. The van der Waals surface area contributed by atoms with Crippen molar-refractivity contribution in [1.82, 2.24) is 0 Å². The number of hydrogen-bond acceptors (Lipinski definition) is 9. The molecule has 0 radical (unpaired) electrons. The van der Waals surface area contributed by atoms with Gasteiger partial charge in [-0.2, -0.15) is 0 Å². The number of thioether (sulfide) groups is 1. The Morgan fingerprint density at radius 1 is 1.16 bits per heavy atom. The second-order valence-electron chi connectivity index (χ2n) is 6.26. The number of carbonyl (C=O) groups excluding carboxylic acids is 1. The summed E-state index contributed by atoms with van der Waals surface area (Å²) in [6.07, 6.45) is -2.93. The number of carbonyl (C=O) groups is 1. The molecule has 0 aromatic carbocycles. The van der Waals surface area contributed by atoms with Gasteiger partial charge in [0.15, 0.2) is 0 Å². The lowest BCUT2D eigenvalue weighted by atomic mass is 9.95. The predicted molar refractivity (Wildman–Crippen MR) is 90.0 cm³/mol. The SMILES string of the molecule is CCS[C@H]1O[C@H](COC(C)=O)[C@H]2O[C@](C)(OC)[C@@](C)(OC)O[C@@H]2[C@@H]1O. The van der Waals surface area contributed by atoms with Crippen LogP contribution in [0, 0.1) is 0 Å². The molecule has 0 aliphatic carbocycles. The highest BCUT2D eigenvalue weighted by molar-refractivity contribution is 7.99. The first-order valence-corrected chi connectivity index (χ1v) is 9.30. The van der Waals surface area contributed by atoms with Crippen LogP contribution in [0.25, 0.3) is 0 Å². The lowest BCUT2D eigenvalue weighted by Gasteiger charge is -2.56. The first-order valence-electron chi connectivity index (χ1n) is 8.25. The molecule has 0 amide bonds. The molecule has 0 aromatic heterocycles. The van der Waals surface area contributed by atoms with Crippen molar-refractivity contribution in [3.8, 4) is 0 Å². The quantitative estimate of drug-likeness (QED) is 0.675. The van der Waals surface area contributed by atoms with Crippen LogP contribution >= 0.6 is 11.8 Å². The summed E-state index contributed by atoms with van der Waals surface area (Å²) in [5, 5.41) is 10.7. The Bertz CT molecular complexity index is 477. The highest BCUT2D eigenvalue weighted by Gasteiger charge is 2.62. The van der Waals surface area contributed by atoms with Gasteiger partial charge in [0.05, 0.1) is 0 Å².